The van der Waals surface area contributed by atoms with Gasteiger partial charge in [-0.1, -0.05) is 0 Å². The molecule has 0 spiro atoms. The fourth-order valence-corrected chi connectivity index (χ4v) is 6.00. The number of nitrogens with one attached hydrogen (secondary N) is 3. The Morgan fingerprint density at radius 3 is 2.30 bits per heavy atom. The first-order chi connectivity index (χ1) is 19.1. The maximum absolute atomic E-state index is 12.0. The smallest absolute Gasteiger partial charge is 0.234 e. The van der Waals surface area contributed by atoms with Crippen molar-refractivity contribution in [2.45, 2.75) is 117 Å². The van der Waals surface area contributed by atoms with E-state index < -0.39 is 92.4 Å². The minimum atomic E-state index is -1.20. The van der Waals surface area contributed by atoms with Crippen molar-refractivity contribution in [2.75, 3.05) is 27.2 Å². The molecule has 16 heteroatoms. The van der Waals surface area contributed by atoms with Crippen LogP contribution in [0.4, 0.5) is 0 Å². The second-order valence-corrected chi connectivity index (χ2v) is 11.1. The van der Waals surface area contributed by atoms with Gasteiger partial charge in [0.1, 0.15) is 30.5 Å². The van der Waals surface area contributed by atoms with E-state index in [2.05, 4.69) is 16.0 Å². The Bertz CT molecular complexity index is 819. The highest BCUT2D eigenvalue weighted by atomic mass is 16.8. The molecule has 0 bridgehead atoms. The van der Waals surface area contributed by atoms with Crippen LogP contribution in [0.5, 0.6) is 0 Å². The van der Waals surface area contributed by atoms with E-state index in [0.29, 0.717) is 12.8 Å². The van der Waals surface area contributed by atoms with Crippen molar-refractivity contribution in [1.29, 1.82) is 0 Å². The fourth-order valence-electron chi connectivity index (χ4n) is 6.00. The average Bonchev–Trinajstić information content (AvgIpc) is 2.88. The molecule has 1 aliphatic carbocycles. The Kier molecular flexibility index (Phi) is 11.1. The van der Waals surface area contributed by atoms with Crippen molar-refractivity contribution in [2.24, 2.45) is 17.2 Å². The normalized spacial score (nSPS) is 47.9. The second-order valence-electron chi connectivity index (χ2n) is 11.1. The number of nitrogens with two attached hydrogens (primary N) is 3. The van der Waals surface area contributed by atoms with Gasteiger partial charge in [0, 0.05) is 18.5 Å². The van der Waals surface area contributed by atoms with Gasteiger partial charge in [-0.2, -0.15) is 0 Å². The van der Waals surface area contributed by atoms with Crippen molar-refractivity contribution >= 4 is 5.91 Å². The molecule has 4 rings (SSSR count). The molecule has 3 saturated heterocycles. The Balaban J connectivity index is 1.38. The van der Waals surface area contributed by atoms with Crippen LogP contribution in [0.2, 0.25) is 0 Å². The highest BCUT2D eigenvalue weighted by Gasteiger charge is 2.53. The van der Waals surface area contributed by atoms with Crippen LogP contribution in [0.25, 0.3) is 0 Å². The number of carbonyl (C=O) groups excluding carboxylic acids is 1. The lowest BCUT2D eigenvalue weighted by Gasteiger charge is -2.51. The number of likely N-dealkylation sites (N-methyl/N-ethyl adjacent to an activating group) is 2. The van der Waals surface area contributed by atoms with E-state index in [1.54, 1.807) is 14.1 Å². The van der Waals surface area contributed by atoms with E-state index in [9.17, 15) is 25.2 Å². The lowest BCUT2D eigenvalue weighted by atomic mass is 9.86. The van der Waals surface area contributed by atoms with Crippen LogP contribution in [0.15, 0.2) is 0 Å². The predicted octanol–water partition coefficient (Wildman–Crippen LogP) is -5.51. The first-order valence-corrected chi connectivity index (χ1v) is 13.9. The van der Waals surface area contributed by atoms with Crippen LogP contribution in [-0.2, 0) is 28.5 Å². The molecule has 13 N–H and O–H groups in total. The topological polar surface area (TPSA) is 258 Å². The van der Waals surface area contributed by atoms with Crippen molar-refractivity contribution < 1.29 is 48.9 Å². The lowest BCUT2D eigenvalue weighted by molar-refractivity contribution is -0.367. The summed E-state index contributed by atoms with van der Waals surface area (Å²) in [5, 5.41) is 50.7. The van der Waals surface area contributed by atoms with E-state index in [-0.39, 0.29) is 31.3 Å². The highest BCUT2D eigenvalue weighted by Crippen LogP contribution is 2.35. The largest absolute Gasteiger partial charge is 0.394 e. The molecule has 3 aliphatic heterocycles. The van der Waals surface area contributed by atoms with Gasteiger partial charge < -0.3 is 77.3 Å². The molecule has 232 valence electrons. The molecule has 1 amide bonds. The fraction of sp³-hybridized carbons (Fsp3) is 0.958. The van der Waals surface area contributed by atoms with Crippen molar-refractivity contribution in [1.82, 2.24) is 16.0 Å². The van der Waals surface area contributed by atoms with Crippen LogP contribution in [0, 0.1) is 0 Å². The number of aliphatic hydroxyl groups excluding tert-OH is 4. The van der Waals surface area contributed by atoms with Crippen molar-refractivity contribution in [3.05, 3.63) is 0 Å². The maximum atomic E-state index is 12.0. The number of ether oxygens (including phenoxy) is 5. The molecule has 0 aromatic heterocycles. The third-order valence-corrected chi connectivity index (χ3v) is 8.06. The monoisotopic (exact) mass is 578 g/mol. The summed E-state index contributed by atoms with van der Waals surface area (Å²) >= 11 is 0. The van der Waals surface area contributed by atoms with Gasteiger partial charge in [0.05, 0.1) is 43.5 Å². The lowest BCUT2D eigenvalue weighted by Crippen LogP contribution is -2.69. The minimum Gasteiger partial charge on any atom is -0.394 e. The first-order valence-electron chi connectivity index (χ1n) is 13.9. The van der Waals surface area contributed by atoms with E-state index >= 15 is 0 Å². The zero-order valence-corrected chi connectivity index (χ0v) is 22.9. The first kappa shape index (κ1) is 31.8. The summed E-state index contributed by atoms with van der Waals surface area (Å²) in [6.45, 7) is -0.343. The van der Waals surface area contributed by atoms with Crippen LogP contribution >= 0.6 is 0 Å². The van der Waals surface area contributed by atoms with E-state index in [1.807, 2.05) is 0 Å². The van der Waals surface area contributed by atoms with Crippen molar-refractivity contribution in [3.8, 4) is 0 Å². The third kappa shape index (κ3) is 7.09. The van der Waals surface area contributed by atoms with Gasteiger partial charge in [0.25, 0.3) is 0 Å². The van der Waals surface area contributed by atoms with E-state index in [4.69, 9.17) is 40.9 Å². The van der Waals surface area contributed by atoms with Crippen molar-refractivity contribution in [3.63, 3.8) is 0 Å². The summed E-state index contributed by atoms with van der Waals surface area (Å²) in [5.74, 6) is -0.305. The number of carbonyl (C=O) groups is 1. The highest BCUT2D eigenvalue weighted by molar-refractivity contribution is 5.78. The molecule has 0 aromatic rings. The number of rotatable bonds is 9. The number of hydrogen-bond donors (Lipinski definition) is 10. The van der Waals surface area contributed by atoms with E-state index in [1.165, 1.54) is 0 Å². The zero-order chi connectivity index (χ0) is 29.1. The minimum absolute atomic E-state index is 0.0726. The van der Waals surface area contributed by atoms with Crippen LogP contribution < -0.4 is 33.2 Å². The predicted molar refractivity (Wildman–Crippen MR) is 138 cm³/mol. The average molecular weight is 579 g/mol. The van der Waals surface area contributed by atoms with Gasteiger partial charge in [-0.15, -0.1) is 0 Å². The number of aliphatic hydroxyl groups is 4. The Morgan fingerprint density at radius 1 is 0.900 bits per heavy atom. The van der Waals surface area contributed by atoms with E-state index in [0.717, 1.165) is 0 Å². The maximum Gasteiger partial charge on any atom is 0.234 e. The molecule has 0 aromatic carbocycles. The van der Waals surface area contributed by atoms with Gasteiger partial charge in [0.15, 0.2) is 18.9 Å². The molecule has 9 unspecified atom stereocenters. The quantitative estimate of drug-likeness (QED) is 0.122. The Morgan fingerprint density at radius 2 is 1.65 bits per heavy atom. The summed E-state index contributed by atoms with van der Waals surface area (Å²) in [7, 11) is 3.24. The zero-order valence-electron chi connectivity index (χ0n) is 22.9. The number of fused-ring (bicyclic) bond motifs is 1. The van der Waals surface area contributed by atoms with Gasteiger partial charge in [0.2, 0.25) is 5.91 Å². The molecule has 1 saturated carbocycles. The molecule has 0 radical (unpaired) electrons. The summed E-state index contributed by atoms with van der Waals surface area (Å²) < 4.78 is 30.0. The Hall–Kier alpha value is -1.09. The second kappa shape index (κ2) is 13.9. The standard InChI is InChI=1S/C24H46N6O10/c1-28-7-17(34)30-12-6-14(33)23(37-16(12)8-31)40-24-18(29-2)19(35)21-15(36-24)5-11(27)22(39-21)38-20-10(26)3-9(25)4-13(20)32/h9-16,18-24,28-29,31-33,35H,3-8,25-27H2,1-2H3,(H,30,34)/t9-,10?,11?,12+,13?,14?,15+,16?,18?,19?,20-,21?,22+,23-,24?/m1/s1. The molecular formula is C24H46N6O10. The van der Waals surface area contributed by atoms with Gasteiger partial charge >= 0.3 is 0 Å². The summed E-state index contributed by atoms with van der Waals surface area (Å²) in [4.78, 5) is 12.0. The molecule has 3 heterocycles. The summed E-state index contributed by atoms with van der Waals surface area (Å²) in [6, 6.07) is -2.81. The number of hydrogen-bond acceptors (Lipinski definition) is 15. The van der Waals surface area contributed by atoms with Crippen LogP contribution in [0.3, 0.4) is 0 Å². The SMILES string of the molecule is CNCC(=O)N[C@H]1CC(O)[C@@H](OC2O[C@H]3CC(N)[C@@H](O[C@@H]4C(N)C[C@@H](N)CC4O)OC3C(O)C2NC)OC1CO. The molecular weight excluding hydrogens is 532 g/mol. The molecule has 4 aliphatic rings. The van der Waals surface area contributed by atoms with Crippen LogP contribution in [-0.4, -0.2) is 145 Å². The van der Waals surface area contributed by atoms with Gasteiger partial charge in [-0.05, 0) is 33.4 Å². The summed E-state index contributed by atoms with van der Waals surface area (Å²) in [6.07, 6.45) is -8.30. The molecule has 15 atom stereocenters. The number of amides is 1. The molecule has 16 nitrogen and oxygen atoms in total. The van der Waals surface area contributed by atoms with Gasteiger partial charge in [-0.25, -0.2) is 0 Å². The third-order valence-electron chi connectivity index (χ3n) is 8.06. The van der Waals surface area contributed by atoms with Gasteiger partial charge in [-0.3, -0.25) is 4.79 Å². The summed E-state index contributed by atoms with van der Waals surface area (Å²) in [5.41, 5.74) is 18.5. The molecule has 4 fully saturated rings. The van der Waals surface area contributed by atoms with Crippen LogP contribution in [0.1, 0.15) is 25.7 Å². The molecule has 40 heavy (non-hydrogen) atoms. The Labute approximate surface area is 233 Å².